The molecule has 8 heteroatoms. The molecular formula is C12H18N2O6. The largest absolute Gasteiger partial charge is 0.478 e. The maximum absolute atomic E-state index is 11.4. The summed E-state index contributed by atoms with van der Waals surface area (Å²) in [5.74, 6) is -4.28. The fourth-order valence-corrected chi connectivity index (χ4v) is 1.46. The summed E-state index contributed by atoms with van der Waals surface area (Å²) in [5.41, 5.74) is -1.18. The maximum atomic E-state index is 11.4. The van der Waals surface area contributed by atoms with Gasteiger partial charge >= 0.3 is 11.9 Å². The van der Waals surface area contributed by atoms with Gasteiger partial charge < -0.3 is 20.8 Å². The lowest BCUT2D eigenvalue weighted by molar-refractivity contribution is -0.137. The molecule has 0 aliphatic heterocycles. The van der Waals surface area contributed by atoms with E-state index in [1.54, 1.807) is 13.8 Å². The zero-order valence-corrected chi connectivity index (χ0v) is 11.4. The molecule has 2 amide bonds. The summed E-state index contributed by atoms with van der Waals surface area (Å²) in [7, 11) is 0. The average molecular weight is 286 g/mol. The number of nitrogens with one attached hydrogen (secondary N) is 2. The first-order valence-corrected chi connectivity index (χ1v) is 6.05. The van der Waals surface area contributed by atoms with Gasteiger partial charge in [0.2, 0.25) is 11.8 Å². The predicted molar refractivity (Wildman–Crippen MR) is 68.9 cm³/mol. The van der Waals surface area contributed by atoms with Crippen LogP contribution in [-0.2, 0) is 19.2 Å². The first-order chi connectivity index (χ1) is 9.33. The Morgan fingerprint density at radius 1 is 0.750 bits per heavy atom. The van der Waals surface area contributed by atoms with Crippen molar-refractivity contribution in [2.45, 2.75) is 26.7 Å². The lowest BCUT2D eigenvalue weighted by Gasteiger charge is -2.09. The summed E-state index contributed by atoms with van der Waals surface area (Å²) < 4.78 is 0. The summed E-state index contributed by atoms with van der Waals surface area (Å²) in [5, 5.41) is 22.8. The van der Waals surface area contributed by atoms with Crippen molar-refractivity contribution in [3.05, 3.63) is 11.1 Å². The number of hydrogen-bond acceptors (Lipinski definition) is 4. The van der Waals surface area contributed by atoms with Crippen LogP contribution in [0.1, 0.15) is 26.7 Å². The lowest BCUT2D eigenvalue weighted by atomic mass is 10.0. The van der Waals surface area contributed by atoms with Crippen LogP contribution in [0.5, 0.6) is 0 Å². The van der Waals surface area contributed by atoms with Gasteiger partial charge in [-0.05, 0) is 13.8 Å². The van der Waals surface area contributed by atoms with Gasteiger partial charge in [0.1, 0.15) is 0 Å². The van der Waals surface area contributed by atoms with Gasteiger partial charge in [0.15, 0.2) is 0 Å². The topological polar surface area (TPSA) is 133 Å². The van der Waals surface area contributed by atoms with Crippen LogP contribution in [0.25, 0.3) is 0 Å². The molecule has 4 N–H and O–H groups in total. The SMILES string of the molecule is CCNC(=O)CC(C(=O)O)=C(CC(=O)NCC)C(=O)O. The van der Waals surface area contributed by atoms with Gasteiger partial charge in [-0.25, -0.2) is 9.59 Å². The van der Waals surface area contributed by atoms with E-state index in [4.69, 9.17) is 10.2 Å². The molecule has 0 fully saturated rings. The molecule has 0 atom stereocenters. The number of carboxylic acids is 2. The van der Waals surface area contributed by atoms with Crippen LogP contribution in [0.3, 0.4) is 0 Å². The van der Waals surface area contributed by atoms with Crippen molar-refractivity contribution in [2.75, 3.05) is 13.1 Å². The highest BCUT2D eigenvalue weighted by molar-refractivity contribution is 6.04. The quantitative estimate of drug-likeness (QED) is 0.445. The zero-order chi connectivity index (χ0) is 15.7. The second-order valence-corrected chi connectivity index (χ2v) is 3.83. The second-order valence-electron chi connectivity index (χ2n) is 3.83. The number of amides is 2. The first kappa shape index (κ1) is 17.6. The number of hydrogen-bond donors (Lipinski definition) is 4. The van der Waals surface area contributed by atoms with Crippen molar-refractivity contribution in [1.29, 1.82) is 0 Å². The Labute approximate surface area is 115 Å². The Balaban J connectivity index is 5.34. The van der Waals surface area contributed by atoms with Crippen LogP contribution in [0.2, 0.25) is 0 Å². The third-order valence-corrected chi connectivity index (χ3v) is 2.30. The number of rotatable bonds is 8. The van der Waals surface area contributed by atoms with Crippen molar-refractivity contribution in [3.8, 4) is 0 Å². The van der Waals surface area contributed by atoms with Crippen molar-refractivity contribution >= 4 is 23.8 Å². The van der Waals surface area contributed by atoms with Gasteiger partial charge in [-0.1, -0.05) is 0 Å². The average Bonchev–Trinajstić information content (AvgIpc) is 2.33. The molecule has 20 heavy (non-hydrogen) atoms. The van der Waals surface area contributed by atoms with Gasteiger partial charge in [0, 0.05) is 13.1 Å². The van der Waals surface area contributed by atoms with E-state index in [0.717, 1.165) is 0 Å². The number of carbonyl (C=O) groups is 4. The van der Waals surface area contributed by atoms with Gasteiger partial charge in [0.25, 0.3) is 0 Å². The summed E-state index contributed by atoms with van der Waals surface area (Å²) >= 11 is 0. The van der Waals surface area contributed by atoms with E-state index in [9.17, 15) is 19.2 Å². The van der Waals surface area contributed by atoms with Crippen LogP contribution in [0.15, 0.2) is 11.1 Å². The Hall–Kier alpha value is -2.38. The van der Waals surface area contributed by atoms with E-state index < -0.39 is 47.7 Å². The van der Waals surface area contributed by atoms with Crippen LogP contribution < -0.4 is 10.6 Å². The van der Waals surface area contributed by atoms with Crippen LogP contribution in [-0.4, -0.2) is 47.1 Å². The van der Waals surface area contributed by atoms with E-state index in [-0.39, 0.29) is 0 Å². The maximum Gasteiger partial charge on any atom is 0.332 e. The summed E-state index contributed by atoms with van der Waals surface area (Å²) in [6, 6.07) is 0. The van der Waals surface area contributed by atoms with Gasteiger partial charge in [0.05, 0.1) is 24.0 Å². The fourth-order valence-electron chi connectivity index (χ4n) is 1.46. The normalized spacial score (nSPS) is 11.3. The standard InChI is InChI=1S/C12H18N2O6/c1-3-13-9(15)5-7(11(17)18)8(12(19)20)6-10(16)14-4-2/h3-6H2,1-2H3,(H,13,15)(H,14,16)(H,17,18)(H,19,20). The molecule has 0 bridgehead atoms. The molecule has 0 heterocycles. The molecule has 0 aliphatic carbocycles. The zero-order valence-electron chi connectivity index (χ0n) is 11.4. The van der Waals surface area contributed by atoms with Crippen LogP contribution >= 0.6 is 0 Å². The number of carbonyl (C=O) groups excluding carboxylic acids is 2. The Kier molecular flexibility index (Phi) is 7.64. The molecule has 0 unspecified atom stereocenters. The number of aliphatic carboxylic acids is 2. The van der Waals surface area contributed by atoms with E-state index in [1.807, 2.05) is 0 Å². The Morgan fingerprint density at radius 2 is 1.05 bits per heavy atom. The highest BCUT2D eigenvalue weighted by Crippen LogP contribution is 2.14. The van der Waals surface area contributed by atoms with Gasteiger partial charge in [-0.2, -0.15) is 0 Å². The highest BCUT2D eigenvalue weighted by atomic mass is 16.4. The lowest BCUT2D eigenvalue weighted by Crippen LogP contribution is -2.28. The minimum atomic E-state index is -1.53. The summed E-state index contributed by atoms with van der Waals surface area (Å²) in [4.78, 5) is 45.0. The minimum Gasteiger partial charge on any atom is -0.478 e. The first-order valence-electron chi connectivity index (χ1n) is 6.05. The third-order valence-electron chi connectivity index (χ3n) is 2.30. The molecule has 0 aliphatic rings. The van der Waals surface area contributed by atoms with E-state index in [1.165, 1.54) is 0 Å². The van der Waals surface area contributed by atoms with E-state index in [0.29, 0.717) is 13.1 Å². The van der Waals surface area contributed by atoms with Crippen molar-refractivity contribution in [2.24, 2.45) is 0 Å². The molecule has 0 aromatic carbocycles. The van der Waals surface area contributed by atoms with E-state index >= 15 is 0 Å². The van der Waals surface area contributed by atoms with Gasteiger partial charge in [-0.15, -0.1) is 0 Å². The minimum absolute atomic E-state index is 0.296. The smallest absolute Gasteiger partial charge is 0.332 e. The van der Waals surface area contributed by atoms with Gasteiger partial charge in [-0.3, -0.25) is 9.59 Å². The fraction of sp³-hybridized carbons (Fsp3) is 0.500. The molecule has 0 spiro atoms. The molecule has 0 saturated heterocycles. The summed E-state index contributed by atoms with van der Waals surface area (Å²) in [6.07, 6.45) is -1.19. The van der Waals surface area contributed by atoms with Crippen LogP contribution in [0, 0.1) is 0 Å². The monoisotopic (exact) mass is 286 g/mol. The predicted octanol–water partition coefficient (Wildman–Crippen LogP) is -0.495. The molecule has 8 nitrogen and oxygen atoms in total. The van der Waals surface area contributed by atoms with Crippen molar-refractivity contribution in [1.82, 2.24) is 10.6 Å². The molecule has 112 valence electrons. The second kappa shape index (κ2) is 8.68. The highest BCUT2D eigenvalue weighted by Gasteiger charge is 2.24. The Bertz CT molecular complexity index is 401. The van der Waals surface area contributed by atoms with Crippen molar-refractivity contribution in [3.63, 3.8) is 0 Å². The molecule has 0 radical (unpaired) electrons. The molecule has 0 rings (SSSR count). The molecule has 0 aromatic rings. The summed E-state index contributed by atoms with van der Waals surface area (Å²) in [6.45, 7) is 3.89. The molecular weight excluding hydrogens is 268 g/mol. The third kappa shape index (κ3) is 5.98. The Morgan fingerprint density at radius 3 is 1.25 bits per heavy atom. The molecule has 0 aromatic heterocycles. The number of carboxylic acid groups (broad SMARTS) is 2. The van der Waals surface area contributed by atoms with Crippen LogP contribution in [0.4, 0.5) is 0 Å². The molecule has 0 saturated carbocycles. The van der Waals surface area contributed by atoms with E-state index in [2.05, 4.69) is 10.6 Å². The van der Waals surface area contributed by atoms with Crippen molar-refractivity contribution < 1.29 is 29.4 Å².